The zero-order valence-corrected chi connectivity index (χ0v) is 7.71. The maximum Gasteiger partial charge on any atom is 0.00961 e. The molecule has 11 heavy (non-hydrogen) atoms. The van der Waals surface area contributed by atoms with Crippen molar-refractivity contribution >= 4 is 0 Å². The van der Waals surface area contributed by atoms with Crippen molar-refractivity contribution in [3.8, 4) is 0 Å². The zero-order chi connectivity index (χ0) is 8.27. The van der Waals surface area contributed by atoms with Crippen molar-refractivity contribution in [2.75, 3.05) is 13.6 Å². The normalized spacial score (nSPS) is 20.7. The van der Waals surface area contributed by atoms with Crippen LogP contribution in [0.1, 0.15) is 32.6 Å². The highest BCUT2D eigenvalue weighted by molar-refractivity contribution is 4.85. The molecule has 0 spiro atoms. The lowest BCUT2D eigenvalue weighted by Crippen LogP contribution is -2.31. The molecule has 1 aliphatic carbocycles. The van der Waals surface area contributed by atoms with Crippen LogP contribution in [-0.4, -0.2) is 30.6 Å². The lowest BCUT2D eigenvalue weighted by molar-refractivity contribution is 0.234. The van der Waals surface area contributed by atoms with Gasteiger partial charge >= 0.3 is 0 Å². The first-order valence-electron chi connectivity index (χ1n) is 4.67. The van der Waals surface area contributed by atoms with Crippen molar-refractivity contribution in [1.29, 1.82) is 0 Å². The van der Waals surface area contributed by atoms with E-state index in [9.17, 15) is 0 Å². The van der Waals surface area contributed by atoms with E-state index in [4.69, 9.17) is 5.73 Å². The highest BCUT2D eigenvalue weighted by Crippen LogP contribution is 2.27. The van der Waals surface area contributed by atoms with Crippen LogP contribution in [0.4, 0.5) is 0 Å². The van der Waals surface area contributed by atoms with Gasteiger partial charge in [0.25, 0.3) is 0 Å². The molecular formula is C9H20N2. The number of rotatable bonds is 5. The fourth-order valence-corrected chi connectivity index (χ4v) is 1.46. The maximum absolute atomic E-state index is 5.45. The summed E-state index contributed by atoms with van der Waals surface area (Å²) in [5, 5.41) is 0. The summed E-state index contributed by atoms with van der Waals surface area (Å²) in [5.74, 6) is 0. The Hall–Kier alpha value is -0.0800. The van der Waals surface area contributed by atoms with Crippen molar-refractivity contribution < 1.29 is 0 Å². The molecule has 0 aliphatic heterocycles. The molecule has 1 aliphatic rings. The summed E-state index contributed by atoms with van der Waals surface area (Å²) in [6.45, 7) is 3.14. The van der Waals surface area contributed by atoms with Gasteiger partial charge in [-0.25, -0.2) is 0 Å². The molecule has 66 valence electrons. The SMILES string of the molecule is CC(CCCN)N(C)C1CC1. The van der Waals surface area contributed by atoms with Crippen LogP contribution in [0.15, 0.2) is 0 Å². The summed E-state index contributed by atoms with van der Waals surface area (Å²) in [4.78, 5) is 2.50. The van der Waals surface area contributed by atoms with Gasteiger partial charge in [0, 0.05) is 12.1 Å². The molecule has 0 saturated heterocycles. The molecular weight excluding hydrogens is 136 g/mol. The molecule has 1 atom stereocenters. The van der Waals surface area contributed by atoms with E-state index in [0.717, 1.165) is 25.0 Å². The number of nitrogens with zero attached hydrogens (tertiary/aromatic N) is 1. The summed E-state index contributed by atoms with van der Waals surface area (Å²) in [5.41, 5.74) is 5.45. The van der Waals surface area contributed by atoms with Gasteiger partial charge in [0.05, 0.1) is 0 Å². The van der Waals surface area contributed by atoms with E-state index in [1.807, 2.05) is 0 Å². The molecule has 0 radical (unpaired) electrons. The third-order valence-corrected chi connectivity index (χ3v) is 2.64. The minimum absolute atomic E-state index is 0.728. The molecule has 1 rings (SSSR count). The van der Waals surface area contributed by atoms with Gasteiger partial charge in [-0.2, -0.15) is 0 Å². The minimum Gasteiger partial charge on any atom is -0.330 e. The Kier molecular flexibility index (Phi) is 3.34. The van der Waals surface area contributed by atoms with Crippen LogP contribution < -0.4 is 5.73 Å². The number of nitrogens with two attached hydrogens (primary N) is 1. The van der Waals surface area contributed by atoms with E-state index in [1.54, 1.807) is 0 Å². The van der Waals surface area contributed by atoms with Crippen LogP contribution in [0.25, 0.3) is 0 Å². The van der Waals surface area contributed by atoms with Crippen molar-refractivity contribution in [1.82, 2.24) is 4.90 Å². The fraction of sp³-hybridized carbons (Fsp3) is 1.00. The van der Waals surface area contributed by atoms with Gasteiger partial charge in [0.1, 0.15) is 0 Å². The van der Waals surface area contributed by atoms with E-state index in [2.05, 4.69) is 18.9 Å². The molecule has 2 heteroatoms. The van der Waals surface area contributed by atoms with Crippen LogP contribution in [0.2, 0.25) is 0 Å². The van der Waals surface area contributed by atoms with Gasteiger partial charge in [0.15, 0.2) is 0 Å². The highest BCUT2D eigenvalue weighted by atomic mass is 15.2. The van der Waals surface area contributed by atoms with Crippen molar-refractivity contribution in [2.45, 2.75) is 44.7 Å². The molecule has 0 amide bonds. The lowest BCUT2D eigenvalue weighted by Gasteiger charge is -2.23. The van der Waals surface area contributed by atoms with Gasteiger partial charge < -0.3 is 10.6 Å². The molecule has 1 fully saturated rings. The first-order chi connectivity index (χ1) is 5.25. The number of hydrogen-bond acceptors (Lipinski definition) is 2. The minimum atomic E-state index is 0.728. The van der Waals surface area contributed by atoms with E-state index in [-0.39, 0.29) is 0 Å². The average molecular weight is 156 g/mol. The smallest absolute Gasteiger partial charge is 0.00961 e. The summed E-state index contributed by atoms with van der Waals surface area (Å²) < 4.78 is 0. The Balaban J connectivity index is 2.11. The van der Waals surface area contributed by atoms with Crippen LogP contribution >= 0.6 is 0 Å². The molecule has 0 heterocycles. The highest BCUT2D eigenvalue weighted by Gasteiger charge is 2.28. The average Bonchev–Trinajstić information content (AvgIpc) is 2.81. The van der Waals surface area contributed by atoms with E-state index < -0.39 is 0 Å². The van der Waals surface area contributed by atoms with Crippen molar-refractivity contribution in [3.05, 3.63) is 0 Å². The summed E-state index contributed by atoms with van der Waals surface area (Å²) in [6.07, 6.45) is 5.23. The first kappa shape index (κ1) is 9.01. The molecule has 0 aromatic carbocycles. The standard InChI is InChI=1S/C9H20N2/c1-8(4-3-7-10)11(2)9-5-6-9/h8-9H,3-7,10H2,1-2H3. The summed E-state index contributed by atoms with van der Waals surface area (Å²) in [7, 11) is 2.23. The van der Waals surface area contributed by atoms with Crippen LogP contribution in [-0.2, 0) is 0 Å². The topological polar surface area (TPSA) is 29.3 Å². The fourth-order valence-electron chi connectivity index (χ4n) is 1.46. The Labute approximate surface area is 69.8 Å². The second-order valence-corrected chi connectivity index (χ2v) is 3.68. The molecule has 2 N–H and O–H groups in total. The molecule has 0 aromatic heterocycles. The summed E-state index contributed by atoms with van der Waals surface area (Å²) >= 11 is 0. The Morgan fingerprint density at radius 1 is 1.55 bits per heavy atom. The second-order valence-electron chi connectivity index (χ2n) is 3.68. The quantitative estimate of drug-likeness (QED) is 0.648. The van der Waals surface area contributed by atoms with Crippen LogP contribution in [0.3, 0.4) is 0 Å². The molecule has 2 nitrogen and oxygen atoms in total. The summed E-state index contributed by atoms with van der Waals surface area (Å²) in [6, 6.07) is 1.62. The second kappa shape index (κ2) is 4.07. The number of hydrogen-bond donors (Lipinski definition) is 1. The third-order valence-electron chi connectivity index (χ3n) is 2.64. The van der Waals surface area contributed by atoms with E-state index >= 15 is 0 Å². The third kappa shape index (κ3) is 2.80. The van der Waals surface area contributed by atoms with Gasteiger partial charge in [-0.15, -0.1) is 0 Å². The predicted octanol–water partition coefficient (Wildman–Crippen LogP) is 1.21. The maximum atomic E-state index is 5.45. The Morgan fingerprint density at radius 3 is 2.64 bits per heavy atom. The van der Waals surface area contributed by atoms with Crippen LogP contribution in [0.5, 0.6) is 0 Å². The van der Waals surface area contributed by atoms with Crippen LogP contribution in [0, 0.1) is 0 Å². The van der Waals surface area contributed by atoms with E-state index in [1.165, 1.54) is 19.3 Å². The van der Waals surface area contributed by atoms with Gasteiger partial charge in [0.2, 0.25) is 0 Å². The zero-order valence-electron chi connectivity index (χ0n) is 7.71. The monoisotopic (exact) mass is 156 g/mol. The molecule has 1 saturated carbocycles. The first-order valence-corrected chi connectivity index (χ1v) is 4.67. The van der Waals surface area contributed by atoms with Gasteiger partial charge in [-0.3, -0.25) is 0 Å². The molecule has 0 bridgehead atoms. The van der Waals surface area contributed by atoms with Gasteiger partial charge in [-0.1, -0.05) is 0 Å². The molecule has 1 unspecified atom stereocenters. The molecule has 0 aromatic rings. The lowest BCUT2D eigenvalue weighted by atomic mass is 10.1. The van der Waals surface area contributed by atoms with Crippen molar-refractivity contribution in [3.63, 3.8) is 0 Å². The van der Waals surface area contributed by atoms with Gasteiger partial charge in [-0.05, 0) is 46.2 Å². The Bertz CT molecular complexity index is 110. The Morgan fingerprint density at radius 2 is 2.18 bits per heavy atom. The largest absolute Gasteiger partial charge is 0.330 e. The predicted molar refractivity (Wildman–Crippen MR) is 48.5 cm³/mol. The van der Waals surface area contributed by atoms with Crippen molar-refractivity contribution in [2.24, 2.45) is 5.73 Å². The van der Waals surface area contributed by atoms with E-state index in [0.29, 0.717) is 0 Å².